The molecule has 0 aliphatic rings. The number of unbranched alkanes of at least 4 members (excludes halogenated alkanes) is 1. The van der Waals surface area contributed by atoms with Crippen LogP contribution in [-0.4, -0.2) is 58.9 Å². The van der Waals surface area contributed by atoms with Gasteiger partial charge < -0.3 is 9.80 Å². The molecular weight excluding hydrogens is 312 g/mol. The minimum atomic E-state index is 0.560. The van der Waals surface area contributed by atoms with Crippen LogP contribution in [0.5, 0.6) is 0 Å². The molecule has 0 atom stereocenters. The standard InChI is InChI=1S/C19H34N6/c1-7-8-12-25-19-17(16(22-25)13-15(2)3)18(20-14-21-19)24(6)11-9-10-23(4)5/h14-15H,7-13H2,1-6H3. The number of hydrogen-bond donors (Lipinski definition) is 0. The van der Waals surface area contributed by atoms with Crippen molar-refractivity contribution in [2.75, 3.05) is 39.1 Å². The summed E-state index contributed by atoms with van der Waals surface area (Å²) in [5.41, 5.74) is 2.12. The van der Waals surface area contributed by atoms with Crippen LogP contribution in [0, 0.1) is 5.92 Å². The number of anilines is 1. The molecular formula is C19H34N6. The van der Waals surface area contributed by atoms with E-state index in [1.54, 1.807) is 6.33 Å². The Balaban J connectivity index is 2.36. The molecule has 0 saturated heterocycles. The molecule has 0 fully saturated rings. The minimum Gasteiger partial charge on any atom is -0.359 e. The summed E-state index contributed by atoms with van der Waals surface area (Å²) >= 11 is 0. The third-order valence-electron chi connectivity index (χ3n) is 4.37. The Morgan fingerprint density at radius 2 is 1.84 bits per heavy atom. The second kappa shape index (κ2) is 9.13. The first kappa shape index (κ1) is 19.6. The number of nitrogens with zero attached hydrogens (tertiary/aromatic N) is 6. The molecule has 0 bridgehead atoms. The van der Waals surface area contributed by atoms with Crippen molar-refractivity contribution in [2.24, 2.45) is 5.92 Å². The SMILES string of the molecule is CCCCn1nc(CC(C)C)c2c(N(C)CCCN(C)C)ncnc21. The van der Waals surface area contributed by atoms with E-state index in [0.717, 1.165) is 67.9 Å². The Morgan fingerprint density at radius 3 is 2.48 bits per heavy atom. The van der Waals surface area contributed by atoms with Gasteiger partial charge >= 0.3 is 0 Å². The molecule has 0 aromatic carbocycles. The van der Waals surface area contributed by atoms with Gasteiger partial charge in [-0.1, -0.05) is 27.2 Å². The summed E-state index contributed by atoms with van der Waals surface area (Å²) in [5.74, 6) is 1.58. The fraction of sp³-hybridized carbons (Fsp3) is 0.737. The number of aryl methyl sites for hydroxylation is 1. The van der Waals surface area contributed by atoms with E-state index in [0.29, 0.717) is 5.92 Å². The quantitative estimate of drug-likeness (QED) is 0.661. The number of hydrogen-bond acceptors (Lipinski definition) is 5. The fourth-order valence-corrected chi connectivity index (χ4v) is 3.08. The molecule has 0 spiro atoms. The van der Waals surface area contributed by atoms with Crippen molar-refractivity contribution in [3.05, 3.63) is 12.0 Å². The highest BCUT2D eigenvalue weighted by Crippen LogP contribution is 2.28. The van der Waals surface area contributed by atoms with Gasteiger partial charge in [0.25, 0.3) is 0 Å². The first-order valence-corrected chi connectivity index (χ1v) is 9.50. The van der Waals surface area contributed by atoms with E-state index in [2.05, 4.69) is 66.4 Å². The van der Waals surface area contributed by atoms with Crippen LogP contribution in [0.3, 0.4) is 0 Å². The molecule has 0 N–H and O–H groups in total. The van der Waals surface area contributed by atoms with Gasteiger partial charge in [-0.3, -0.25) is 0 Å². The third kappa shape index (κ3) is 5.14. The van der Waals surface area contributed by atoms with Gasteiger partial charge in [0.05, 0.1) is 11.1 Å². The van der Waals surface area contributed by atoms with Gasteiger partial charge in [-0.25, -0.2) is 14.6 Å². The summed E-state index contributed by atoms with van der Waals surface area (Å²) in [6, 6.07) is 0. The highest BCUT2D eigenvalue weighted by Gasteiger charge is 2.19. The molecule has 6 nitrogen and oxygen atoms in total. The molecule has 2 aromatic rings. The number of aromatic nitrogens is 4. The molecule has 0 saturated carbocycles. The fourth-order valence-electron chi connectivity index (χ4n) is 3.08. The van der Waals surface area contributed by atoms with E-state index in [4.69, 9.17) is 5.10 Å². The van der Waals surface area contributed by atoms with Gasteiger partial charge in [0.15, 0.2) is 5.65 Å². The second-order valence-corrected chi connectivity index (χ2v) is 7.60. The summed E-state index contributed by atoms with van der Waals surface area (Å²) in [5, 5.41) is 6.04. The smallest absolute Gasteiger partial charge is 0.163 e. The Kier molecular flexibility index (Phi) is 7.17. The van der Waals surface area contributed by atoms with E-state index < -0.39 is 0 Å². The first-order chi connectivity index (χ1) is 11.9. The molecule has 0 radical (unpaired) electrons. The minimum absolute atomic E-state index is 0.560. The van der Waals surface area contributed by atoms with Crippen LogP contribution in [0.25, 0.3) is 11.0 Å². The van der Waals surface area contributed by atoms with Crippen LogP contribution in [-0.2, 0) is 13.0 Å². The van der Waals surface area contributed by atoms with Crippen molar-refractivity contribution in [3.63, 3.8) is 0 Å². The summed E-state index contributed by atoms with van der Waals surface area (Å²) < 4.78 is 2.08. The predicted octanol–water partition coefficient (Wildman–Crippen LogP) is 3.21. The molecule has 0 aliphatic heterocycles. The zero-order valence-electron chi connectivity index (χ0n) is 16.8. The lowest BCUT2D eigenvalue weighted by Crippen LogP contribution is -2.24. The molecule has 0 amide bonds. The lowest BCUT2D eigenvalue weighted by molar-refractivity contribution is 0.401. The van der Waals surface area contributed by atoms with Crippen LogP contribution in [0.4, 0.5) is 5.82 Å². The van der Waals surface area contributed by atoms with Gasteiger partial charge in [0, 0.05) is 20.1 Å². The van der Waals surface area contributed by atoms with E-state index in [-0.39, 0.29) is 0 Å². The number of fused-ring (bicyclic) bond motifs is 1. The van der Waals surface area contributed by atoms with Crippen molar-refractivity contribution in [1.29, 1.82) is 0 Å². The van der Waals surface area contributed by atoms with Crippen molar-refractivity contribution >= 4 is 16.9 Å². The Labute approximate surface area is 152 Å². The highest BCUT2D eigenvalue weighted by atomic mass is 15.3. The summed E-state index contributed by atoms with van der Waals surface area (Å²) in [7, 11) is 6.35. The van der Waals surface area contributed by atoms with E-state index in [9.17, 15) is 0 Å². The van der Waals surface area contributed by atoms with Gasteiger partial charge in [0.2, 0.25) is 0 Å². The monoisotopic (exact) mass is 346 g/mol. The first-order valence-electron chi connectivity index (χ1n) is 9.50. The van der Waals surface area contributed by atoms with E-state index in [1.165, 1.54) is 0 Å². The van der Waals surface area contributed by atoms with Gasteiger partial charge in [-0.15, -0.1) is 0 Å². The van der Waals surface area contributed by atoms with E-state index >= 15 is 0 Å². The van der Waals surface area contributed by atoms with E-state index in [1.807, 2.05) is 0 Å². The van der Waals surface area contributed by atoms with Crippen molar-refractivity contribution < 1.29 is 0 Å². The average Bonchev–Trinajstić information content (AvgIpc) is 2.89. The Morgan fingerprint density at radius 1 is 1.08 bits per heavy atom. The van der Waals surface area contributed by atoms with Crippen LogP contribution in [0.2, 0.25) is 0 Å². The summed E-state index contributed by atoms with van der Waals surface area (Å²) in [6.45, 7) is 9.66. The molecule has 140 valence electrons. The second-order valence-electron chi connectivity index (χ2n) is 7.60. The zero-order chi connectivity index (χ0) is 18.4. The normalized spacial score (nSPS) is 11.8. The molecule has 2 rings (SSSR count). The molecule has 0 unspecified atom stereocenters. The Hall–Kier alpha value is -1.69. The average molecular weight is 347 g/mol. The molecule has 25 heavy (non-hydrogen) atoms. The van der Waals surface area contributed by atoms with Crippen LogP contribution in [0.1, 0.15) is 45.7 Å². The number of rotatable bonds is 10. The zero-order valence-corrected chi connectivity index (χ0v) is 16.8. The van der Waals surface area contributed by atoms with Crippen molar-refractivity contribution in [2.45, 2.75) is 53.0 Å². The highest BCUT2D eigenvalue weighted by molar-refractivity contribution is 5.89. The molecule has 6 heteroatoms. The van der Waals surface area contributed by atoms with Crippen molar-refractivity contribution in [3.8, 4) is 0 Å². The summed E-state index contributed by atoms with van der Waals surface area (Å²) in [4.78, 5) is 13.7. The van der Waals surface area contributed by atoms with Crippen LogP contribution in [0.15, 0.2) is 6.33 Å². The third-order valence-corrected chi connectivity index (χ3v) is 4.37. The lowest BCUT2D eigenvalue weighted by atomic mass is 10.1. The molecule has 2 aromatic heterocycles. The topological polar surface area (TPSA) is 50.1 Å². The van der Waals surface area contributed by atoms with Gasteiger partial charge in [0.1, 0.15) is 12.1 Å². The maximum absolute atomic E-state index is 4.90. The summed E-state index contributed by atoms with van der Waals surface area (Å²) in [6.07, 6.45) is 6.03. The largest absolute Gasteiger partial charge is 0.359 e. The predicted molar refractivity (Wildman–Crippen MR) is 105 cm³/mol. The molecule has 2 heterocycles. The van der Waals surface area contributed by atoms with Crippen molar-refractivity contribution in [1.82, 2.24) is 24.6 Å². The maximum Gasteiger partial charge on any atom is 0.163 e. The molecule has 0 aliphatic carbocycles. The van der Waals surface area contributed by atoms with Gasteiger partial charge in [-0.05, 0) is 45.8 Å². The van der Waals surface area contributed by atoms with Crippen LogP contribution < -0.4 is 4.90 Å². The lowest BCUT2D eigenvalue weighted by Gasteiger charge is -2.20. The van der Waals surface area contributed by atoms with Crippen LogP contribution >= 0.6 is 0 Å². The Bertz CT molecular complexity index is 661. The maximum atomic E-state index is 4.90. The van der Waals surface area contributed by atoms with Gasteiger partial charge in [-0.2, -0.15) is 5.10 Å².